The van der Waals surface area contributed by atoms with Crippen LogP contribution >= 0.6 is 0 Å². The van der Waals surface area contributed by atoms with Gasteiger partial charge in [-0.15, -0.1) is 0 Å². The molecule has 0 aliphatic rings. The average molecular weight is 149 g/mol. The van der Waals surface area contributed by atoms with Crippen LogP contribution in [0.25, 0.3) is 0 Å². The number of rotatable bonds is 4. The van der Waals surface area contributed by atoms with Crippen LogP contribution in [-0.2, 0) is 0 Å². The van der Waals surface area contributed by atoms with Gasteiger partial charge in [-0.3, -0.25) is 0 Å². The van der Waals surface area contributed by atoms with Crippen molar-refractivity contribution in [2.24, 2.45) is 5.73 Å². The molecule has 0 spiro atoms. The fourth-order valence-electron chi connectivity index (χ4n) is 0.678. The summed E-state index contributed by atoms with van der Waals surface area (Å²) in [5.41, 5.74) is 5.36. The Morgan fingerprint density at radius 2 is 1.90 bits per heavy atom. The predicted octanol–water partition coefficient (Wildman–Crippen LogP) is -1.56. The van der Waals surface area contributed by atoms with Gasteiger partial charge in [0.05, 0.1) is 12.2 Å². The maximum absolute atomic E-state index is 9.04. The quantitative estimate of drug-likeness (QED) is 0.389. The van der Waals surface area contributed by atoms with Crippen molar-refractivity contribution in [2.45, 2.75) is 31.6 Å². The zero-order chi connectivity index (χ0) is 8.15. The Kier molecular flexibility index (Phi) is 4.55. The summed E-state index contributed by atoms with van der Waals surface area (Å²) in [6.45, 7) is 1.40. The Bertz CT molecular complexity index is 87.1. The number of hydrogen-bond donors (Lipinski definition) is 4. The monoisotopic (exact) mass is 149 g/mol. The number of aliphatic hydroxyl groups is 3. The Morgan fingerprint density at radius 3 is 2.20 bits per heavy atom. The highest BCUT2D eigenvalue weighted by Gasteiger charge is 2.18. The van der Waals surface area contributed by atoms with E-state index in [1.54, 1.807) is 0 Å². The molecule has 5 N–H and O–H groups in total. The molecule has 0 saturated heterocycles. The van der Waals surface area contributed by atoms with E-state index in [1.807, 2.05) is 0 Å². The standard InChI is InChI=1S/C6H15NO3/c1-4(9)6(10)5(7)2-3-8/h4-6,8-10H,2-3,7H2,1H3/t4-,5+,6-/m0/s1. The normalized spacial score (nSPS) is 20.1. The van der Waals surface area contributed by atoms with E-state index in [1.165, 1.54) is 6.92 Å². The number of aliphatic hydroxyl groups excluding tert-OH is 3. The molecular weight excluding hydrogens is 134 g/mol. The van der Waals surface area contributed by atoms with Crippen molar-refractivity contribution in [3.8, 4) is 0 Å². The summed E-state index contributed by atoms with van der Waals surface area (Å²) in [5, 5.41) is 26.2. The molecule has 0 heterocycles. The molecule has 4 heteroatoms. The van der Waals surface area contributed by atoms with Crippen LogP contribution in [-0.4, -0.2) is 40.2 Å². The summed E-state index contributed by atoms with van der Waals surface area (Å²) < 4.78 is 0. The van der Waals surface area contributed by atoms with E-state index in [2.05, 4.69) is 0 Å². The van der Waals surface area contributed by atoms with Crippen molar-refractivity contribution in [1.82, 2.24) is 0 Å². The van der Waals surface area contributed by atoms with Gasteiger partial charge in [-0.25, -0.2) is 0 Å². The minimum absolute atomic E-state index is 0.0645. The van der Waals surface area contributed by atoms with E-state index < -0.39 is 18.2 Å². The SMILES string of the molecule is C[C@H](O)[C@H](O)[C@H](N)CCO. The van der Waals surface area contributed by atoms with E-state index in [0.29, 0.717) is 6.42 Å². The third kappa shape index (κ3) is 3.12. The van der Waals surface area contributed by atoms with Crippen molar-refractivity contribution < 1.29 is 15.3 Å². The van der Waals surface area contributed by atoms with E-state index in [-0.39, 0.29) is 6.61 Å². The second-order valence-electron chi connectivity index (χ2n) is 2.41. The lowest BCUT2D eigenvalue weighted by Gasteiger charge is -2.19. The topological polar surface area (TPSA) is 86.7 Å². The van der Waals surface area contributed by atoms with E-state index in [9.17, 15) is 0 Å². The van der Waals surface area contributed by atoms with Crippen molar-refractivity contribution >= 4 is 0 Å². The van der Waals surface area contributed by atoms with Crippen LogP contribution in [0.3, 0.4) is 0 Å². The maximum Gasteiger partial charge on any atom is 0.0947 e. The minimum atomic E-state index is -0.938. The number of hydrogen-bond acceptors (Lipinski definition) is 4. The largest absolute Gasteiger partial charge is 0.396 e. The highest BCUT2D eigenvalue weighted by molar-refractivity contribution is 4.75. The lowest BCUT2D eigenvalue weighted by molar-refractivity contribution is 0.0104. The van der Waals surface area contributed by atoms with Crippen LogP contribution in [0.2, 0.25) is 0 Å². The van der Waals surface area contributed by atoms with Crippen LogP contribution in [0, 0.1) is 0 Å². The summed E-state index contributed by atoms with van der Waals surface area (Å²) in [4.78, 5) is 0. The summed E-state index contributed by atoms with van der Waals surface area (Å²) in [6.07, 6.45) is -1.46. The third-order valence-corrected chi connectivity index (χ3v) is 1.40. The second kappa shape index (κ2) is 4.62. The summed E-state index contributed by atoms with van der Waals surface area (Å²) in [7, 11) is 0. The summed E-state index contributed by atoms with van der Waals surface area (Å²) >= 11 is 0. The fourth-order valence-corrected chi connectivity index (χ4v) is 0.678. The highest BCUT2D eigenvalue weighted by atomic mass is 16.3. The van der Waals surface area contributed by atoms with Gasteiger partial charge in [0.2, 0.25) is 0 Å². The van der Waals surface area contributed by atoms with Gasteiger partial charge < -0.3 is 21.1 Å². The molecule has 0 aliphatic heterocycles. The molecule has 0 rings (SSSR count). The first-order valence-corrected chi connectivity index (χ1v) is 3.32. The molecule has 0 fully saturated rings. The molecule has 0 bridgehead atoms. The molecule has 0 saturated carbocycles. The van der Waals surface area contributed by atoms with Gasteiger partial charge in [-0.1, -0.05) is 0 Å². The molecule has 62 valence electrons. The van der Waals surface area contributed by atoms with E-state index >= 15 is 0 Å². The van der Waals surface area contributed by atoms with Crippen molar-refractivity contribution in [1.29, 1.82) is 0 Å². The first-order valence-electron chi connectivity index (χ1n) is 3.32. The van der Waals surface area contributed by atoms with Gasteiger partial charge in [0.25, 0.3) is 0 Å². The first-order chi connectivity index (χ1) is 4.59. The molecule has 0 aromatic rings. The average Bonchev–Trinajstić information content (AvgIpc) is 1.87. The molecule has 0 amide bonds. The van der Waals surface area contributed by atoms with E-state index in [0.717, 1.165) is 0 Å². The van der Waals surface area contributed by atoms with Gasteiger partial charge in [0.1, 0.15) is 0 Å². The van der Waals surface area contributed by atoms with Gasteiger partial charge in [0.15, 0.2) is 0 Å². The molecule has 0 radical (unpaired) electrons. The Hall–Kier alpha value is -0.160. The van der Waals surface area contributed by atoms with Crippen LogP contribution < -0.4 is 5.73 Å². The zero-order valence-corrected chi connectivity index (χ0v) is 6.07. The van der Waals surface area contributed by atoms with E-state index in [4.69, 9.17) is 21.1 Å². The Balaban J connectivity index is 3.58. The van der Waals surface area contributed by atoms with Crippen LogP contribution in [0.1, 0.15) is 13.3 Å². The molecule has 0 aliphatic carbocycles. The van der Waals surface area contributed by atoms with Gasteiger partial charge in [-0.05, 0) is 13.3 Å². The molecule has 10 heavy (non-hydrogen) atoms. The summed E-state index contributed by atoms with van der Waals surface area (Å²) in [5.74, 6) is 0. The lowest BCUT2D eigenvalue weighted by atomic mass is 10.1. The molecule has 0 aromatic carbocycles. The molecule has 3 atom stereocenters. The highest BCUT2D eigenvalue weighted by Crippen LogP contribution is 1.99. The van der Waals surface area contributed by atoms with Crippen molar-refractivity contribution in [3.05, 3.63) is 0 Å². The first kappa shape index (κ1) is 9.84. The maximum atomic E-state index is 9.04. The minimum Gasteiger partial charge on any atom is -0.396 e. The molecule has 0 aromatic heterocycles. The van der Waals surface area contributed by atoms with Crippen molar-refractivity contribution in [3.63, 3.8) is 0 Å². The third-order valence-electron chi connectivity index (χ3n) is 1.40. The van der Waals surface area contributed by atoms with Crippen molar-refractivity contribution in [2.75, 3.05) is 6.61 Å². The predicted molar refractivity (Wildman–Crippen MR) is 37.4 cm³/mol. The zero-order valence-electron chi connectivity index (χ0n) is 6.07. The second-order valence-corrected chi connectivity index (χ2v) is 2.41. The smallest absolute Gasteiger partial charge is 0.0947 e. The van der Waals surface area contributed by atoms with Crippen LogP contribution in [0.15, 0.2) is 0 Å². The molecule has 4 nitrogen and oxygen atoms in total. The Labute approximate surface area is 60.3 Å². The fraction of sp³-hybridized carbons (Fsp3) is 1.00. The number of nitrogens with two attached hydrogens (primary N) is 1. The molecule has 0 unspecified atom stereocenters. The lowest BCUT2D eigenvalue weighted by Crippen LogP contribution is -2.42. The molecular formula is C6H15NO3. The Morgan fingerprint density at radius 1 is 1.40 bits per heavy atom. The van der Waals surface area contributed by atoms with Gasteiger partial charge >= 0.3 is 0 Å². The van der Waals surface area contributed by atoms with Gasteiger partial charge in [0, 0.05) is 12.6 Å². The van der Waals surface area contributed by atoms with Crippen LogP contribution in [0.5, 0.6) is 0 Å². The van der Waals surface area contributed by atoms with Crippen LogP contribution in [0.4, 0.5) is 0 Å². The van der Waals surface area contributed by atoms with Gasteiger partial charge in [-0.2, -0.15) is 0 Å². The summed E-state index contributed by atoms with van der Waals surface area (Å²) in [6, 6.07) is -0.537.